The third-order valence-corrected chi connectivity index (χ3v) is 4.82. The highest BCUT2D eigenvalue weighted by Crippen LogP contribution is 2.21. The molecule has 1 heterocycles. The Morgan fingerprint density at radius 1 is 1.17 bits per heavy atom. The fraction of sp³-hybridized carbons (Fsp3) is 0.294. The van der Waals surface area contributed by atoms with Gasteiger partial charge in [0.1, 0.15) is 5.82 Å². The van der Waals surface area contributed by atoms with E-state index < -0.39 is 0 Å². The predicted molar refractivity (Wildman–Crippen MR) is 88.8 cm³/mol. The molecule has 0 saturated carbocycles. The molecule has 0 bridgehead atoms. The van der Waals surface area contributed by atoms with Crippen LogP contribution >= 0.6 is 11.3 Å². The number of amides is 2. The molecule has 0 radical (unpaired) electrons. The Kier molecular flexibility index (Phi) is 5.87. The molecule has 122 valence electrons. The van der Waals surface area contributed by atoms with E-state index in [0.717, 1.165) is 22.4 Å². The first kappa shape index (κ1) is 17.1. The van der Waals surface area contributed by atoms with E-state index in [1.807, 2.05) is 19.9 Å². The van der Waals surface area contributed by atoms with Gasteiger partial charge in [-0.15, -0.1) is 11.3 Å². The van der Waals surface area contributed by atoms with E-state index in [0.29, 0.717) is 11.3 Å². The Morgan fingerprint density at radius 2 is 1.87 bits per heavy atom. The van der Waals surface area contributed by atoms with Crippen molar-refractivity contribution in [3.63, 3.8) is 0 Å². The number of rotatable bonds is 5. The summed E-state index contributed by atoms with van der Waals surface area (Å²) < 4.78 is 12.8. The van der Waals surface area contributed by atoms with Crippen LogP contribution in [0.15, 0.2) is 30.3 Å². The molecular weight excluding hydrogens is 315 g/mol. The van der Waals surface area contributed by atoms with Crippen LogP contribution < -0.4 is 10.9 Å². The van der Waals surface area contributed by atoms with E-state index in [4.69, 9.17) is 0 Å². The molecule has 0 unspecified atom stereocenters. The van der Waals surface area contributed by atoms with Crippen LogP contribution in [0.5, 0.6) is 0 Å². The highest BCUT2D eigenvalue weighted by Gasteiger charge is 2.12. The van der Waals surface area contributed by atoms with E-state index in [2.05, 4.69) is 10.9 Å². The quantitative estimate of drug-likeness (QED) is 0.825. The first-order valence-corrected chi connectivity index (χ1v) is 8.24. The fourth-order valence-electron chi connectivity index (χ4n) is 2.14. The molecular formula is C17H19FN2O2S. The van der Waals surface area contributed by atoms with Crippen LogP contribution in [0.25, 0.3) is 0 Å². The predicted octanol–water partition coefficient (Wildman–Crippen LogP) is 3.15. The number of carbonyl (C=O) groups is 2. The SMILES string of the molecule is CCc1sc(C(=O)NNC(=O)CCc2ccc(F)cc2)cc1C. The number of aryl methyl sites for hydroxylation is 3. The summed E-state index contributed by atoms with van der Waals surface area (Å²) in [5.41, 5.74) is 6.78. The van der Waals surface area contributed by atoms with Crippen LogP contribution in [-0.2, 0) is 17.6 Å². The highest BCUT2D eigenvalue weighted by molar-refractivity contribution is 7.14. The maximum Gasteiger partial charge on any atom is 0.279 e. The van der Waals surface area contributed by atoms with Crippen LogP contribution in [0, 0.1) is 12.7 Å². The monoisotopic (exact) mass is 334 g/mol. The number of nitrogens with one attached hydrogen (secondary N) is 2. The van der Waals surface area contributed by atoms with E-state index in [9.17, 15) is 14.0 Å². The van der Waals surface area contributed by atoms with Crippen molar-refractivity contribution in [3.05, 3.63) is 57.0 Å². The van der Waals surface area contributed by atoms with Gasteiger partial charge in [-0.2, -0.15) is 0 Å². The van der Waals surface area contributed by atoms with Crippen molar-refractivity contribution >= 4 is 23.2 Å². The molecule has 2 aromatic rings. The number of carbonyl (C=O) groups excluding carboxylic acids is 2. The van der Waals surface area contributed by atoms with Gasteiger partial charge >= 0.3 is 0 Å². The molecule has 1 aromatic carbocycles. The highest BCUT2D eigenvalue weighted by atomic mass is 32.1. The number of halogens is 1. The van der Waals surface area contributed by atoms with Gasteiger partial charge in [0.25, 0.3) is 5.91 Å². The van der Waals surface area contributed by atoms with Gasteiger partial charge in [0, 0.05) is 11.3 Å². The molecule has 0 spiro atoms. The summed E-state index contributed by atoms with van der Waals surface area (Å²) in [6.07, 6.45) is 1.59. The molecule has 0 saturated heterocycles. The minimum Gasteiger partial charge on any atom is -0.273 e. The molecule has 0 aliphatic carbocycles. The van der Waals surface area contributed by atoms with Crippen molar-refractivity contribution in [3.8, 4) is 0 Å². The lowest BCUT2D eigenvalue weighted by molar-refractivity contribution is -0.121. The van der Waals surface area contributed by atoms with E-state index >= 15 is 0 Å². The molecule has 0 fully saturated rings. The van der Waals surface area contributed by atoms with Crippen molar-refractivity contribution in [1.82, 2.24) is 10.9 Å². The second-order valence-electron chi connectivity index (χ2n) is 5.20. The van der Waals surface area contributed by atoms with Crippen molar-refractivity contribution < 1.29 is 14.0 Å². The summed E-state index contributed by atoms with van der Waals surface area (Å²) in [6.45, 7) is 4.01. The summed E-state index contributed by atoms with van der Waals surface area (Å²) in [5, 5.41) is 0. The molecule has 6 heteroatoms. The Hall–Kier alpha value is -2.21. The molecule has 0 aliphatic rings. The summed E-state index contributed by atoms with van der Waals surface area (Å²) in [4.78, 5) is 25.5. The van der Waals surface area contributed by atoms with Crippen LogP contribution in [0.1, 0.15) is 39.0 Å². The zero-order chi connectivity index (χ0) is 16.8. The van der Waals surface area contributed by atoms with Gasteiger partial charge < -0.3 is 0 Å². The van der Waals surface area contributed by atoms with Crippen LogP contribution in [0.4, 0.5) is 4.39 Å². The zero-order valence-electron chi connectivity index (χ0n) is 13.1. The number of hydrogen-bond acceptors (Lipinski definition) is 3. The first-order chi connectivity index (χ1) is 11.0. The standard InChI is InChI=1S/C17H19FN2O2S/c1-3-14-11(2)10-15(23-14)17(22)20-19-16(21)9-6-12-4-7-13(18)8-5-12/h4-5,7-8,10H,3,6,9H2,1-2H3,(H,19,21)(H,20,22). The molecule has 23 heavy (non-hydrogen) atoms. The van der Waals surface area contributed by atoms with Gasteiger partial charge in [0.15, 0.2) is 0 Å². The van der Waals surface area contributed by atoms with Crippen LogP contribution in [0.2, 0.25) is 0 Å². The second-order valence-corrected chi connectivity index (χ2v) is 6.34. The van der Waals surface area contributed by atoms with Gasteiger partial charge in [-0.1, -0.05) is 19.1 Å². The van der Waals surface area contributed by atoms with E-state index in [-0.39, 0.29) is 24.1 Å². The molecule has 2 amide bonds. The molecule has 4 nitrogen and oxygen atoms in total. The third kappa shape index (κ3) is 4.89. The summed E-state index contributed by atoms with van der Waals surface area (Å²) in [7, 11) is 0. The van der Waals surface area contributed by atoms with Crippen LogP contribution in [0.3, 0.4) is 0 Å². The maximum absolute atomic E-state index is 12.8. The Labute approximate surface area is 138 Å². The minimum atomic E-state index is -0.312. The number of hydrazine groups is 1. The zero-order valence-corrected chi connectivity index (χ0v) is 13.9. The number of thiophene rings is 1. The average Bonchev–Trinajstić information content (AvgIpc) is 2.93. The smallest absolute Gasteiger partial charge is 0.273 e. The molecule has 1 aromatic heterocycles. The van der Waals surface area contributed by atoms with Crippen molar-refractivity contribution in [2.24, 2.45) is 0 Å². The second kappa shape index (κ2) is 7.87. The summed E-state index contributed by atoms with van der Waals surface area (Å²) >= 11 is 1.43. The van der Waals surface area contributed by atoms with Gasteiger partial charge in [-0.25, -0.2) is 4.39 Å². The molecule has 0 aliphatic heterocycles. The average molecular weight is 334 g/mol. The number of benzene rings is 1. The molecule has 2 N–H and O–H groups in total. The van der Waals surface area contributed by atoms with Gasteiger partial charge in [0.2, 0.25) is 5.91 Å². The topological polar surface area (TPSA) is 58.2 Å². The maximum atomic E-state index is 12.8. The normalized spacial score (nSPS) is 10.4. The third-order valence-electron chi connectivity index (χ3n) is 3.43. The Morgan fingerprint density at radius 3 is 2.48 bits per heavy atom. The lowest BCUT2D eigenvalue weighted by Gasteiger charge is -2.06. The molecule has 2 rings (SSSR count). The Bertz CT molecular complexity index is 695. The lowest BCUT2D eigenvalue weighted by atomic mass is 10.1. The number of hydrogen-bond donors (Lipinski definition) is 2. The van der Waals surface area contributed by atoms with E-state index in [1.165, 1.54) is 23.5 Å². The van der Waals surface area contributed by atoms with E-state index in [1.54, 1.807) is 12.1 Å². The van der Waals surface area contributed by atoms with Crippen LogP contribution in [-0.4, -0.2) is 11.8 Å². The van der Waals surface area contributed by atoms with Crippen molar-refractivity contribution in [1.29, 1.82) is 0 Å². The van der Waals surface area contributed by atoms with Gasteiger partial charge in [0.05, 0.1) is 4.88 Å². The largest absolute Gasteiger partial charge is 0.279 e. The first-order valence-electron chi connectivity index (χ1n) is 7.42. The van der Waals surface area contributed by atoms with Crippen molar-refractivity contribution in [2.75, 3.05) is 0 Å². The lowest BCUT2D eigenvalue weighted by Crippen LogP contribution is -2.41. The summed E-state index contributed by atoms with van der Waals surface area (Å²) in [5.74, 6) is -0.900. The van der Waals surface area contributed by atoms with Crippen molar-refractivity contribution in [2.45, 2.75) is 33.1 Å². The Balaban J connectivity index is 1.79. The van der Waals surface area contributed by atoms with Gasteiger partial charge in [-0.05, 0) is 49.1 Å². The summed E-state index contributed by atoms with van der Waals surface area (Å²) in [6, 6.07) is 7.83. The fourth-order valence-corrected chi connectivity index (χ4v) is 3.15. The minimum absolute atomic E-state index is 0.218. The van der Waals surface area contributed by atoms with Gasteiger partial charge in [-0.3, -0.25) is 20.4 Å². The molecule has 0 atom stereocenters.